The molecular formula is C10H18O2. The fraction of sp³-hybridized carbons (Fsp3) is 0.700. The van der Waals surface area contributed by atoms with Crippen LogP contribution in [0.3, 0.4) is 0 Å². The maximum absolute atomic E-state index is 11.0. The van der Waals surface area contributed by atoms with E-state index in [0.717, 1.165) is 24.8 Å². The summed E-state index contributed by atoms with van der Waals surface area (Å²) in [7, 11) is 0. The van der Waals surface area contributed by atoms with Crippen LogP contribution in [0.1, 0.15) is 40.0 Å². The molecule has 0 rings (SSSR count). The van der Waals surface area contributed by atoms with E-state index in [4.69, 9.17) is 4.74 Å². The fourth-order valence-electron chi connectivity index (χ4n) is 0.851. The zero-order valence-electron chi connectivity index (χ0n) is 8.22. The SMILES string of the molecule is CCCC/C=C(\C)C(=O)OCC. The van der Waals surface area contributed by atoms with E-state index in [1.54, 1.807) is 6.92 Å². The average Bonchev–Trinajstić information content (AvgIpc) is 2.05. The number of ether oxygens (including phenoxy) is 1. The van der Waals surface area contributed by atoms with Crippen molar-refractivity contribution in [3.8, 4) is 0 Å². The summed E-state index contributed by atoms with van der Waals surface area (Å²) in [5.41, 5.74) is 0.727. The molecule has 2 nitrogen and oxygen atoms in total. The van der Waals surface area contributed by atoms with Crippen LogP contribution < -0.4 is 0 Å². The molecule has 0 heterocycles. The maximum Gasteiger partial charge on any atom is 0.333 e. The van der Waals surface area contributed by atoms with Gasteiger partial charge in [-0.15, -0.1) is 0 Å². The second-order valence-electron chi connectivity index (χ2n) is 2.75. The highest BCUT2D eigenvalue weighted by Crippen LogP contribution is 2.02. The highest BCUT2D eigenvalue weighted by atomic mass is 16.5. The topological polar surface area (TPSA) is 26.3 Å². The van der Waals surface area contributed by atoms with Crippen molar-refractivity contribution < 1.29 is 9.53 Å². The third-order valence-electron chi connectivity index (χ3n) is 1.61. The van der Waals surface area contributed by atoms with Gasteiger partial charge in [0.05, 0.1) is 6.61 Å². The number of hydrogen-bond acceptors (Lipinski definition) is 2. The van der Waals surface area contributed by atoms with Gasteiger partial charge in [0.25, 0.3) is 0 Å². The summed E-state index contributed by atoms with van der Waals surface area (Å²) in [6.45, 7) is 6.20. The summed E-state index contributed by atoms with van der Waals surface area (Å²) in [5.74, 6) is -0.186. The lowest BCUT2D eigenvalue weighted by Gasteiger charge is -2.00. The Bertz CT molecular complexity index is 159. The largest absolute Gasteiger partial charge is 0.463 e. The van der Waals surface area contributed by atoms with Crippen LogP contribution in [0, 0.1) is 0 Å². The van der Waals surface area contributed by atoms with Gasteiger partial charge in [0.2, 0.25) is 0 Å². The average molecular weight is 170 g/mol. The van der Waals surface area contributed by atoms with Crippen LogP contribution in [-0.2, 0) is 9.53 Å². The normalized spacial score (nSPS) is 11.4. The van der Waals surface area contributed by atoms with Gasteiger partial charge < -0.3 is 4.74 Å². The van der Waals surface area contributed by atoms with Gasteiger partial charge in [-0.1, -0.05) is 25.8 Å². The van der Waals surface area contributed by atoms with Gasteiger partial charge in [-0.05, 0) is 20.3 Å². The molecule has 0 radical (unpaired) electrons. The Morgan fingerprint density at radius 3 is 2.58 bits per heavy atom. The standard InChI is InChI=1S/C10H18O2/c1-4-6-7-8-9(3)10(11)12-5-2/h8H,4-7H2,1-3H3/b9-8+. The molecule has 0 bridgehead atoms. The Hall–Kier alpha value is -0.790. The van der Waals surface area contributed by atoms with Gasteiger partial charge in [-0.25, -0.2) is 4.79 Å². The third kappa shape index (κ3) is 4.94. The van der Waals surface area contributed by atoms with Crippen LogP contribution in [-0.4, -0.2) is 12.6 Å². The number of allylic oxidation sites excluding steroid dienone is 1. The van der Waals surface area contributed by atoms with E-state index in [0.29, 0.717) is 6.61 Å². The molecule has 0 aromatic carbocycles. The summed E-state index contributed by atoms with van der Waals surface area (Å²) >= 11 is 0. The Morgan fingerprint density at radius 2 is 2.08 bits per heavy atom. The number of carbonyl (C=O) groups excluding carboxylic acids is 1. The van der Waals surface area contributed by atoms with Crippen molar-refractivity contribution >= 4 is 5.97 Å². The molecule has 2 heteroatoms. The van der Waals surface area contributed by atoms with Gasteiger partial charge >= 0.3 is 5.97 Å². The summed E-state index contributed by atoms with van der Waals surface area (Å²) in [4.78, 5) is 11.0. The van der Waals surface area contributed by atoms with Gasteiger partial charge in [0.1, 0.15) is 0 Å². The van der Waals surface area contributed by atoms with Gasteiger partial charge in [0, 0.05) is 5.57 Å². The van der Waals surface area contributed by atoms with Gasteiger partial charge in [0.15, 0.2) is 0 Å². The van der Waals surface area contributed by atoms with Crippen LogP contribution in [0.5, 0.6) is 0 Å². The van der Waals surface area contributed by atoms with E-state index in [1.165, 1.54) is 0 Å². The lowest BCUT2D eigenvalue weighted by Crippen LogP contribution is -2.04. The molecule has 0 saturated carbocycles. The van der Waals surface area contributed by atoms with Crippen molar-refractivity contribution in [3.05, 3.63) is 11.6 Å². The minimum Gasteiger partial charge on any atom is -0.463 e. The van der Waals surface area contributed by atoms with Crippen molar-refractivity contribution in [2.45, 2.75) is 40.0 Å². The first kappa shape index (κ1) is 11.2. The van der Waals surface area contributed by atoms with E-state index in [-0.39, 0.29) is 5.97 Å². The smallest absolute Gasteiger partial charge is 0.333 e. The summed E-state index contributed by atoms with van der Waals surface area (Å²) in [6.07, 6.45) is 5.21. The summed E-state index contributed by atoms with van der Waals surface area (Å²) < 4.78 is 4.83. The van der Waals surface area contributed by atoms with Crippen LogP contribution in [0.4, 0.5) is 0 Å². The molecule has 0 aliphatic heterocycles. The molecule has 0 unspecified atom stereocenters. The van der Waals surface area contributed by atoms with Crippen LogP contribution in [0.25, 0.3) is 0 Å². The molecule has 70 valence electrons. The Balaban J connectivity index is 3.74. The lowest BCUT2D eigenvalue weighted by molar-refractivity contribution is -0.138. The second kappa shape index (κ2) is 6.89. The van der Waals surface area contributed by atoms with E-state index >= 15 is 0 Å². The zero-order valence-corrected chi connectivity index (χ0v) is 8.22. The molecule has 0 N–H and O–H groups in total. The fourth-order valence-corrected chi connectivity index (χ4v) is 0.851. The molecule has 0 atom stereocenters. The van der Waals surface area contributed by atoms with E-state index in [2.05, 4.69) is 6.92 Å². The van der Waals surface area contributed by atoms with Crippen molar-refractivity contribution in [2.24, 2.45) is 0 Å². The Morgan fingerprint density at radius 1 is 1.42 bits per heavy atom. The Kier molecular flexibility index (Phi) is 6.44. The predicted molar refractivity (Wildman–Crippen MR) is 49.9 cm³/mol. The molecule has 0 aromatic rings. The van der Waals surface area contributed by atoms with Crippen molar-refractivity contribution in [1.29, 1.82) is 0 Å². The first-order chi connectivity index (χ1) is 5.72. The molecule has 0 saturated heterocycles. The zero-order chi connectivity index (χ0) is 9.40. The first-order valence-corrected chi connectivity index (χ1v) is 4.56. The van der Waals surface area contributed by atoms with Crippen molar-refractivity contribution in [1.82, 2.24) is 0 Å². The van der Waals surface area contributed by atoms with E-state index < -0.39 is 0 Å². The molecular weight excluding hydrogens is 152 g/mol. The van der Waals surface area contributed by atoms with E-state index in [1.807, 2.05) is 13.0 Å². The number of rotatable bonds is 5. The maximum atomic E-state index is 11.0. The highest BCUT2D eigenvalue weighted by Gasteiger charge is 2.02. The molecule has 0 aliphatic carbocycles. The molecule has 12 heavy (non-hydrogen) atoms. The monoisotopic (exact) mass is 170 g/mol. The lowest BCUT2D eigenvalue weighted by atomic mass is 10.2. The minimum absolute atomic E-state index is 0.186. The van der Waals surface area contributed by atoms with Gasteiger partial charge in [-0.3, -0.25) is 0 Å². The van der Waals surface area contributed by atoms with Crippen LogP contribution in [0.15, 0.2) is 11.6 Å². The quantitative estimate of drug-likeness (QED) is 0.360. The number of carbonyl (C=O) groups is 1. The van der Waals surface area contributed by atoms with E-state index in [9.17, 15) is 4.79 Å². The highest BCUT2D eigenvalue weighted by molar-refractivity contribution is 5.87. The van der Waals surface area contributed by atoms with Crippen LogP contribution >= 0.6 is 0 Å². The molecule has 0 amide bonds. The third-order valence-corrected chi connectivity index (χ3v) is 1.61. The van der Waals surface area contributed by atoms with Crippen LogP contribution in [0.2, 0.25) is 0 Å². The molecule has 0 aliphatic rings. The Labute approximate surface area is 74.6 Å². The van der Waals surface area contributed by atoms with Gasteiger partial charge in [-0.2, -0.15) is 0 Å². The minimum atomic E-state index is -0.186. The molecule has 0 spiro atoms. The molecule has 0 aromatic heterocycles. The summed E-state index contributed by atoms with van der Waals surface area (Å²) in [5, 5.41) is 0. The second-order valence-corrected chi connectivity index (χ2v) is 2.75. The number of esters is 1. The number of hydrogen-bond donors (Lipinski definition) is 0. The summed E-state index contributed by atoms with van der Waals surface area (Å²) in [6, 6.07) is 0. The number of unbranched alkanes of at least 4 members (excludes halogenated alkanes) is 2. The molecule has 0 fully saturated rings. The first-order valence-electron chi connectivity index (χ1n) is 4.56. The van der Waals surface area contributed by atoms with Crippen molar-refractivity contribution in [2.75, 3.05) is 6.61 Å². The van der Waals surface area contributed by atoms with Crippen molar-refractivity contribution in [3.63, 3.8) is 0 Å². The predicted octanol–water partition coefficient (Wildman–Crippen LogP) is 2.69.